The van der Waals surface area contributed by atoms with E-state index in [0.29, 0.717) is 0 Å². The molecule has 14 heavy (non-hydrogen) atoms. The maximum absolute atomic E-state index is 13.0. The molecule has 0 saturated heterocycles. The molecule has 0 amide bonds. The first-order valence-corrected chi connectivity index (χ1v) is 4.42. The monoisotopic (exact) mass is 197 g/mol. The van der Waals surface area contributed by atoms with Gasteiger partial charge in [0.05, 0.1) is 11.3 Å². The highest BCUT2D eigenvalue weighted by molar-refractivity contribution is 5.30. The van der Waals surface area contributed by atoms with Crippen molar-refractivity contribution in [2.45, 2.75) is 20.3 Å². The quantitative estimate of drug-likeness (QED) is 0.504. The Kier molecular flexibility index (Phi) is 3.17. The Morgan fingerprint density at radius 3 is 2.64 bits per heavy atom. The molecular weight excluding hydrogens is 185 g/mol. The van der Waals surface area contributed by atoms with Crippen molar-refractivity contribution in [2.24, 2.45) is 5.92 Å². The van der Waals surface area contributed by atoms with Crippen LogP contribution in [0, 0.1) is 16.0 Å². The Labute approximate surface area is 81.8 Å². The Morgan fingerprint density at radius 2 is 2.14 bits per heavy atom. The van der Waals surface area contributed by atoms with Gasteiger partial charge in [0, 0.05) is 6.08 Å². The zero-order valence-corrected chi connectivity index (χ0v) is 8.16. The lowest BCUT2D eigenvalue weighted by molar-refractivity contribution is -0.427. The number of allylic oxidation sites excluding steroid dienone is 5. The Hall–Kier alpha value is -1.45. The molecule has 1 rings (SSSR count). The Morgan fingerprint density at radius 1 is 1.50 bits per heavy atom. The smallest absolute Gasteiger partial charge is 0.250 e. The second-order valence-corrected chi connectivity index (χ2v) is 3.52. The highest BCUT2D eigenvalue weighted by atomic mass is 19.1. The first-order chi connectivity index (χ1) is 6.50. The van der Waals surface area contributed by atoms with Crippen LogP contribution >= 0.6 is 0 Å². The largest absolute Gasteiger partial charge is 0.259 e. The van der Waals surface area contributed by atoms with E-state index in [1.54, 1.807) is 0 Å². The zero-order valence-electron chi connectivity index (χ0n) is 8.16. The van der Waals surface area contributed by atoms with Gasteiger partial charge < -0.3 is 0 Å². The molecule has 1 aliphatic rings. The van der Waals surface area contributed by atoms with Crippen molar-refractivity contribution in [2.75, 3.05) is 0 Å². The SMILES string of the molecule is CC(C)C1=CC(F)=CC=C([N+](=O)[O-])C1. The van der Waals surface area contributed by atoms with E-state index in [2.05, 4.69) is 0 Å². The van der Waals surface area contributed by atoms with Crippen LogP contribution in [0.5, 0.6) is 0 Å². The van der Waals surface area contributed by atoms with Gasteiger partial charge in [-0.1, -0.05) is 19.4 Å². The summed E-state index contributed by atoms with van der Waals surface area (Å²) in [4.78, 5) is 10.1. The molecule has 0 spiro atoms. The molecule has 0 bridgehead atoms. The van der Waals surface area contributed by atoms with E-state index < -0.39 is 10.8 Å². The highest BCUT2D eigenvalue weighted by Crippen LogP contribution is 2.24. The summed E-state index contributed by atoms with van der Waals surface area (Å²) in [6, 6.07) is 0. The highest BCUT2D eigenvalue weighted by Gasteiger charge is 2.17. The Balaban J connectivity index is 3.00. The van der Waals surface area contributed by atoms with Gasteiger partial charge in [0.2, 0.25) is 5.70 Å². The van der Waals surface area contributed by atoms with E-state index >= 15 is 0 Å². The molecule has 3 nitrogen and oxygen atoms in total. The van der Waals surface area contributed by atoms with Crippen molar-refractivity contribution >= 4 is 0 Å². The number of nitro groups is 1. The van der Waals surface area contributed by atoms with E-state index in [1.165, 1.54) is 12.2 Å². The van der Waals surface area contributed by atoms with Crippen molar-refractivity contribution in [1.29, 1.82) is 0 Å². The molecule has 0 unspecified atom stereocenters. The molecule has 76 valence electrons. The fourth-order valence-electron chi connectivity index (χ4n) is 1.22. The molecule has 4 heteroatoms. The topological polar surface area (TPSA) is 43.1 Å². The standard InChI is InChI=1S/C10H12FNO2/c1-7(2)8-5-9(11)3-4-10(6-8)12(13)14/h3-5,7H,6H2,1-2H3. The predicted octanol–water partition coefficient (Wildman–Crippen LogP) is 2.99. The second-order valence-electron chi connectivity index (χ2n) is 3.52. The van der Waals surface area contributed by atoms with Crippen LogP contribution in [0.4, 0.5) is 4.39 Å². The number of halogens is 1. The van der Waals surface area contributed by atoms with Gasteiger partial charge in [-0.3, -0.25) is 10.1 Å². The van der Waals surface area contributed by atoms with Gasteiger partial charge in [-0.25, -0.2) is 4.39 Å². The Bertz CT molecular complexity index is 340. The van der Waals surface area contributed by atoms with Crippen molar-refractivity contribution < 1.29 is 9.31 Å². The van der Waals surface area contributed by atoms with Crippen molar-refractivity contribution in [3.8, 4) is 0 Å². The summed E-state index contributed by atoms with van der Waals surface area (Å²) >= 11 is 0. The maximum atomic E-state index is 13.0. The third kappa shape index (κ3) is 2.52. The first-order valence-electron chi connectivity index (χ1n) is 4.42. The summed E-state index contributed by atoms with van der Waals surface area (Å²) in [5.74, 6) is -0.304. The first kappa shape index (κ1) is 10.6. The van der Waals surface area contributed by atoms with Gasteiger partial charge in [-0.2, -0.15) is 0 Å². The average molecular weight is 197 g/mol. The number of nitrogens with zero attached hydrogens (tertiary/aromatic N) is 1. The van der Waals surface area contributed by atoms with Gasteiger partial charge >= 0.3 is 0 Å². The molecule has 0 aromatic rings. The predicted molar refractivity (Wildman–Crippen MR) is 51.8 cm³/mol. The van der Waals surface area contributed by atoms with E-state index in [4.69, 9.17) is 0 Å². The van der Waals surface area contributed by atoms with E-state index in [0.717, 1.165) is 11.6 Å². The van der Waals surface area contributed by atoms with Crippen molar-refractivity contribution in [3.63, 3.8) is 0 Å². The molecular formula is C10H12FNO2. The number of rotatable bonds is 2. The van der Waals surface area contributed by atoms with Crippen LogP contribution in [0.3, 0.4) is 0 Å². The summed E-state index contributed by atoms with van der Waals surface area (Å²) < 4.78 is 13.0. The third-order valence-corrected chi connectivity index (χ3v) is 2.12. The summed E-state index contributed by atoms with van der Waals surface area (Å²) in [5.41, 5.74) is 0.789. The minimum atomic E-state index is -0.467. The molecule has 0 fully saturated rings. The minimum absolute atomic E-state index is 0.0394. The summed E-state index contributed by atoms with van der Waals surface area (Å²) in [7, 11) is 0. The van der Waals surface area contributed by atoms with Crippen LogP contribution in [-0.2, 0) is 0 Å². The van der Waals surface area contributed by atoms with Gasteiger partial charge in [0.15, 0.2) is 0 Å². The molecule has 0 saturated carbocycles. The van der Waals surface area contributed by atoms with Crippen LogP contribution in [-0.4, -0.2) is 4.92 Å². The lowest BCUT2D eigenvalue weighted by Crippen LogP contribution is -2.02. The van der Waals surface area contributed by atoms with Crippen molar-refractivity contribution in [1.82, 2.24) is 0 Å². The zero-order chi connectivity index (χ0) is 10.7. The molecule has 0 N–H and O–H groups in total. The van der Waals surface area contributed by atoms with Gasteiger partial charge in [0.25, 0.3) is 0 Å². The lowest BCUT2D eigenvalue weighted by Gasteiger charge is -2.07. The fourth-order valence-corrected chi connectivity index (χ4v) is 1.22. The molecule has 0 heterocycles. The van der Waals surface area contributed by atoms with Crippen LogP contribution in [0.25, 0.3) is 0 Å². The van der Waals surface area contributed by atoms with Gasteiger partial charge in [0.1, 0.15) is 5.83 Å². The molecule has 0 radical (unpaired) electrons. The normalized spacial score (nSPS) is 17.0. The second kappa shape index (κ2) is 4.17. The third-order valence-electron chi connectivity index (χ3n) is 2.12. The van der Waals surface area contributed by atoms with Crippen LogP contribution < -0.4 is 0 Å². The lowest BCUT2D eigenvalue weighted by atomic mass is 9.99. The fraction of sp³-hybridized carbons (Fsp3) is 0.400. The molecule has 0 aromatic heterocycles. The van der Waals surface area contributed by atoms with Gasteiger partial charge in [-0.15, -0.1) is 0 Å². The molecule has 0 aliphatic heterocycles. The summed E-state index contributed by atoms with van der Waals surface area (Å²) in [6.07, 6.45) is 3.95. The van der Waals surface area contributed by atoms with Crippen LogP contribution in [0.1, 0.15) is 20.3 Å². The van der Waals surface area contributed by atoms with Crippen LogP contribution in [0.15, 0.2) is 35.3 Å². The van der Waals surface area contributed by atoms with Gasteiger partial charge in [-0.05, 0) is 18.1 Å². The average Bonchev–Trinajstić information content (AvgIpc) is 2.26. The molecule has 1 aliphatic carbocycles. The van der Waals surface area contributed by atoms with E-state index in [-0.39, 0.29) is 18.0 Å². The summed E-state index contributed by atoms with van der Waals surface area (Å²) in [6.45, 7) is 3.78. The van der Waals surface area contributed by atoms with E-state index in [9.17, 15) is 14.5 Å². The number of hydrogen-bond acceptors (Lipinski definition) is 2. The molecule has 0 aromatic carbocycles. The maximum Gasteiger partial charge on any atom is 0.250 e. The summed E-state index contributed by atoms with van der Waals surface area (Å²) in [5, 5.41) is 10.5. The number of hydrogen-bond donors (Lipinski definition) is 0. The minimum Gasteiger partial charge on any atom is -0.259 e. The van der Waals surface area contributed by atoms with E-state index in [1.807, 2.05) is 13.8 Å². The van der Waals surface area contributed by atoms with Crippen LogP contribution in [0.2, 0.25) is 0 Å². The van der Waals surface area contributed by atoms with Crippen molar-refractivity contribution in [3.05, 3.63) is 45.4 Å². The molecule has 0 atom stereocenters.